The fraction of sp³-hybridized carbons (Fsp3) is 0.667. The third-order valence-corrected chi connectivity index (χ3v) is 9.32. The second-order valence-corrected chi connectivity index (χ2v) is 11.5. The molecule has 3 aliphatic rings. The zero-order chi connectivity index (χ0) is 23.8. The SMILES string of the molecule is CCCCC(CC)CC1(CCCCCCCCC(=O)OC)C2=CC(=O)SC2=C2SC(=O)C=C21. The molecule has 6 heteroatoms. The van der Waals surface area contributed by atoms with Gasteiger partial charge in [0, 0.05) is 21.6 Å². The molecule has 33 heavy (non-hydrogen) atoms. The predicted octanol–water partition coefficient (Wildman–Crippen LogP) is 7.50. The van der Waals surface area contributed by atoms with Gasteiger partial charge in [0.2, 0.25) is 10.2 Å². The molecule has 2 heterocycles. The maximum atomic E-state index is 12.4. The van der Waals surface area contributed by atoms with Crippen LogP contribution in [0.1, 0.15) is 97.3 Å². The van der Waals surface area contributed by atoms with Crippen LogP contribution in [-0.4, -0.2) is 23.3 Å². The van der Waals surface area contributed by atoms with E-state index < -0.39 is 0 Å². The standard InChI is InChI=1S/C27H38O4S2/c1-4-6-13-19(5-2)18-27(15-12-10-8-7-9-11-14-22(28)31-3)20-16-23(29)32-25(20)26-21(27)17-24(30)33-26/h16-17,19H,4-15,18H2,1-3H3. The lowest BCUT2D eigenvalue weighted by Gasteiger charge is -2.36. The van der Waals surface area contributed by atoms with Crippen LogP contribution in [0.25, 0.3) is 0 Å². The molecule has 0 N–H and O–H groups in total. The molecule has 0 amide bonds. The van der Waals surface area contributed by atoms with Crippen LogP contribution < -0.4 is 0 Å². The molecule has 0 aromatic rings. The second kappa shape index (κ2) is 12.4. The molecule has 182 valence electrons. The zero-order valence-electron chi connectivity index (χ0n) is 20.4. The number of rotatable bonds is 15. The molecule has 1 aliphatic carbocycles. The van der Waals surface area contributed by atoms with Gasteiger partial charge < -0.3 is 4.74 Å². The van der Waals surface area contributed by atoms with Crippen LogP contribution in [0.5, 0.6) is 0 Å². The summed E-state index contributed by atoms with van der Waals surface area (Å²) >= 11 is 2.65. The molecule has 0 fully saturated rings. The van der Waals surface area contributed by atoms with Crippen LogP contribution in [0.4, 0.5) is 0 Å². The Bertz CT molecular complexity index is 810. The maximum Gasteiger partial charge on any atom is 0.305 e. The minimum atomic E-state index is -0.178. The average molecular weight is 491 g/mol. The summed E-state index contributed by atoms with van der Waals surface area (Å²) in [5, 5.41) is 0.228. The van der Waals surface area contributed by atoms with E-state index in [4.69, 9.17) is 4.74 Å². The van der Waals surface area contributed by atoms with E-state index in [0.717, 1.165) is 67.6 Å². The first-order valence-electron chi connectivity index (χ1n) is 12.6. The number of allylic oxidation sites excluding steroid dienone is 2. The van der Waals surface area contributed by atoms with Crippen molar-refractivity contribution in [1.82, 2.24) is 0 Å². The highest BCUT2D eigenvalue weighted by molar-refractivity contribution is 8.21. The number of carbonyl (C=O) groups is 3. The van der Waals surface area contributed by atoms with Crippen LogP contribution >= 0.6 is 23.5 Å². The summed E-state index contributed by atoms with van der Waals surface area (Å²) in [7, 11) is 1.44. The summed E-state index contributed by atoms with van der Waals surface area (Å²) in [6, 6.07) is 0. The van der Waals surface area contributed by atoms with E-state index in [2.05, 4.69) is 13.8 Å². The van der Waals surface area contributed by atoms with Crippen molar-refractivity contribution in [2.24, 2.45) is 11.3 Å². The minimum absolute atomic E-state index is 0.114. The van der Waals surface area contributed by atoms with Crippen molar-refractivity contribution in [2.45, 2.75) is 97.3 Å². The lowest BCUT2D eigenvalue weighted by molar-refractivity contribution is -0.140. The monoisotopic (exact) mass is 490 g/mol. The molecule has 4 nitrogen and oxygen atoms in total. The van der Waals surface area contributed by atoms with Crippen molar-refractivity contribution in [2.75, 3.05) is 7.11 Å². The number of ether oxygens (including phenoxy) is 1. The van der Waals surface area contributed by atoms with Crippen molar-refractivity contribution in [1.29, 1.82) is 0 Å². The molecule has 2 aliphatic heterocycles. The molecule has 0 bridgehead atoms. The molecule has 0 spiro atoms. The lowest BCUT2D eigenvalue weighted by atomic mass is 9.67. The summed E-state index contributed by atoms with van der Waals surface area (Å²) in [5.41, 5.74) is 2.22. The van der Waals surface area contributed by atoms with Crippen LogP contribution in [0.2, 0.25) is 0 Å². The van der Waals surface area contributed by atoms with Gasteiger partial charge in [0.25, 0.3) is 0 Å². The summed E-state index contributed by atoms with van der Waals surface area (Å²) in [6.07, 6.45) is 17.5. The van der Waals surface area contributed by atoms with Gasteiger partial charge in [0.15, 0.2) is 0 Å². The molecular formula is C27H38O4S2. The van der Waals surface area contributed by atoms with Crippen molar-refractivity contribution < 1.29 is 19.1 Å². The highest BCUT2D eigenvalue weighted by atomic mass is 32.2. The number of thioether (sulfide) groups is 2. The van der Waals surface area contributed by atoms with Gasteiger partial charge in [-0.25, -0.2) is 0 Å². The first-order chi connectivity index (χ1) is 15.9. The van der Waals surface area contributed by atoms with Gasteiger partial charge in [-0.3, -0.25) is 14.4 Å². The number of carbonyl (C=O) groups excluding carboxylic acids is 3. The molecular weight excluding hydrogens is 452 g/mol. The predicted molar refractivity (Wildman–Crippen MR) is 138 cm³/mol. The quantitative estimate of drug-likeness (QED) is 0.175. The van der Waals surface area contributed by atoms with Crippen molar-refractivity contribution in [3.63, 3.8) is 0 Å². The summed E-state index contributed by atoms with van der Waals surface area (Å²) in [4.78, 5) is 38.2. The van der Waals surface area contributed by atoms with Crippen LogP contribution in [-0.2, 0) is 19.1 Å². The molecule has 0 radical (unpaired) electrons. The molecule has 0 aromatic carbocycles. The number of hydrogen-bond donors (Lipinski definition) is 0. The van der Waals surface area contributed by atoms with E-state index in [9.17, 15) is 14.4 Å². The lowest BCUT2D eigenvalue weighted by Crippen LogP contribution is -2.26. The zero-order valence-corrected chi connectivity index (χ0v) is 22.0. The molecule has 3 rings (SSSR count). The highest BCUT2D eigenvalue weighted by Crippen LogP contribution is 2.66. The van der Waals surface area contributed by atoms with Crippen LogP contribution in [0, 0.1) is 11.3 Å². The molecule has 0 saturated heterocycles. The second-order valence-electron chi connectivity index (χ2n) is 9.52. The van der Waals surface area contributed by atoms with Gasteiger partial charge in [-0.05, 0) is 72.0 Å². The first-order valence-corrected chi connectivity index (χ1v) is 14.3. The maximum absolute atomic E-state index is 12.4. The largest absolute Gasteiger partial charge is 0.469 e. The number of methoxy groups -OCH3 is 1. The fourth-order valence-electron chi connectivity index (χ4n) is 5.46. The van der Waals surface area contributed by atoms with Crippen LogP contribution in [0.15, 0.2) is 33.1 Å². The third-order valence-electron chi connectivity index (χ3n) is 7.30. The van der Waals surface area contributed by atoms with Gasteiger partial charge in [0.05, 0.1) is 7.11 Å². The van der Waals surface area contributed by atoms with Gasteiger partial charge in [0.1, 0.15) is 0 Å². The van der Waals surface area contributed by atoms with E-state index in [0.29, 0.717) is 12.3 Å². The Labute approximate surface area is 207 Å². The first kappa shape index (κ1) is 26.3. The normalized spacial score (nSPS) is 19.5. The molecule has 1 unspecified atom stereocenters. The Morgan fingerprint density at radius 2 is 1.48 bits per heavy atom. The van der Waals surface area contributed by atoms with E-state index in [1.165, 1.54) is 61.0 Å². The Morgan fingerprint density at radius 1 is 0.909 bits per heavy atom. The van der Waals surface area contributed by atoms with Crippen molar-refractivity contribution in [3.05, 3.63) is 33.1 Å². The van der Waals surface area contributed by atoms with Crippen LogP contribution in [0.3, 0.4) is 0 Å². The van der Waals surface area contributed by atoms with Gasteiger partial charge in [-0.2, -0.15) is 0 Å². The van der Waals surface area contributed by atoms with E-state index in [-0.39, 0.29) is 21.6 Å². The van der Waals surface area contributed by atoms with Gasteiger partial charge in [-0.1, -0.05) is 71.6 Å². The molecule has 0 aromatic heterocycles. The average Bonchev–Trinajstić information content (AvgIpc) is 3.44. The van der Waals surface area contributed by atoms with E-state index >= 15 is 0 Å². The fourth-order valence-corrected chi connectivity index (χ4v) is 7.60. The Kier molecular flexibility index (Phi) is 9.93. The van der Waals surface area contributed by atoms with Gasteiger partial charge in [-0.15, -0.1) is 0 Å². The van der Waals surface area contributed by atoms with Crippen molar-refractivity contribution >= 4 is 39.7 Å². The minimum Gasteiger partial charge on any atom is -0.469 e. The molecule has 0 saturated carbocycles. The topological polar surface area (TPSA) is 60.4 Å². The smallest absolute Gasteiger partial charge is 0.305 e. The highest BCUT2D eigenvalue weighted by Gasteiger charge is 2.52. The summed E-state index contributed by atoms with van der Waals surface area (Å²) in [6.45, 7) is 4.52. The number of esters is 1. The third kappa shape index (κ3) is 6.25. The van der Waals surface area contributed by atoms with E-state index in [1.54, 1.807) is 0 Å². The summed E-state index contributed by atoms with van der Waals surface area (Å²) in [5.74, 6) is 0.479. The Morgan fingerprint density at radius 3 is 2.03 bits per heavy atom. The number of hydrogen-bond acceptors (Lipinski definition) is 6. The molecule has 1 atom stereocenters. The Hall–Kier alpha value is -1.27. The summed E-state index contributed by atoms with van der Waals surface area (Å²) < 4.78 is 4.71. The number of fused-ring (bicyclic) bond motifs is 2. The van der Waals surface area contributed by atoms with Gasteiger partial charge >= 0.3 is 5.97 Å². The van der Waals surface area contributed by atoms with E-state index in [1.807, 2.05) is 12.2 Å². The number of unbranched alkanes of at least 4 members (excludes halogenated alkanes) is 6. The Balaban J connectivity index is 1.68. The van der Waals surface area contributed by atoms with Crippen molar-refractivity contribution in [3.8, 4) is 0 Å².